The first kappa shape index (κ1) is 15.5. The lowest BCUT2D eigenvalue weighted by Crippen LogP contribution is -2.37. The zero-order valence-corrected chi connectivity index (χ0v) is 13.0. The molecule has 2 amide bonds. The molecule has 1 aromatic rings. The fraction of sp³-hybridized carbons (Fsp3) is 0.500. The lowest BCUT2D eigenvalue weighted by molar-refractivity contribution is -0.126. The molecule has 2 unspecified atom stereocenters. The molecule has 3 rings (SSSR count). The van der Waals surface area contributed by atoms with Crippen molar-refractivity contribution in [2.75, 3.05) is 5.32 Å². The number of hydrogen-bond donors (Lipinski definition) is 2. The summed E-state index contributed by atoms with van der Waals surface area (Å²) in [6.45, 7) is 0. The van der Waals surface area contributed by atoms with Crippen molar-refractivity contribution in [1.29, 1.82) is 5.26 Å². The molecule has 2 N–H and O–H groups in total. The standard InChI is InChI=1S/C18H21N3O2/c19-11-12-5-4-8-14(9-12)21-18(23)16-10-15(16)17(22)20-13-6-2-1-3-7-13/h4-5,8-9,13,15-16H,1-3,6-7,10H2,(H,20,22)(H,21,23). The lowest BCUT2D eigenvalue weighted by Gasteiger charge is -2.22. The molecule has 0 aliphatic heterocycles. The Morgan fingerprint density at radius 3 is 2.57 bits per heavy atom. The van der Waals surface area contributed by atoms with E-state index in [1.54, 1.807) is 24.3 Å². The van der Waals surface area contributed by atoms with E-state index in [4.69, 9.17) is 5.26 Å². The van der Waals surface area contributed by atoms with Gasteiger partial charge in [-0.15, -0.1) is 0 Å². The molecule has 2 fully saturated rings. The molecule has 0 bridgehead atoms. The first-order chi connectivity index (χ1) is 11.2. The Morgan fingerprint density at radius 2 is 1.83 bits per heavy atom. The number of nitrogens with one attached hydrogen (secondary N) is 2. The summed E-state index contributed by atoms with van der Waals surface area (Å²) >= 11 is 0. The Morgan fingerprint density at radius 1 is 1.09 bits per heavy atom. The van der Waals surface area contributed by atoms with E-state index in [1.807, 2.05) is 6.07 Å². The Kier molecular flexibility index (Phi) is 4.61. The summed E-state index contributed by atoms with van der Waals surface area (Å²) in [6, 6.07) is 9.13. The molecule has 2 aliphatic carbocycles. The van der Waals surface area contributed by atoms with Gasteiger partial charge >= 0.3 is 0 Å². The van der Waals surface area contributed by atoms with Crippen molar-refractivity contribution in [1.82, 2.24) is 5.32 Å². The average molecular weight is 311 g/mol. The minimum atomic E-state index is -0.246. The van der Waals surface area contributed by atoms with Crippen molar-refractivity contribution in [2.45, 2.75) is 44.6 Å². The van der Waals surface area contributed by atoms with Crippen molar-refractivity contribution in [3.05, 3.63) is 29.8 Å². The largest absolute Gasteiger partial charge is 0.353 e. The van der Waals surface area contributed by atoms with Crippen LogP contribution in [0, 0.1) is 23.2 Å². The zero-order valence-electron chi connectivity index (χ0n) is 13.0. The molecule has 2 aliphatic rings. The molecule has 0 spiro atoms. The van der Waals surface area contributed by atoms with Crippen molar-refractivity contribution in [3.8, 4) is 6.07 Å². The van der Waals surface area contributed by atoms with Gasteiger partial charge in [-0.3, -0.25) is 9.59 Å². The molecule has 0 aromatic heterocycles. The highest BCUT2D eigenvalue weighted by atomic mass is 16.2. The van der Waals surface area contributed by atoms with Crippen molar-refractivity contribution in [3.63, 3.8) is 0 Å². The topological polar surface area (TPSA) is 82.0 Å². The highest BCUT2D eigenvalue weighted by Crippen LogP contribution is 2.40. The van der Waals surface area contributed by atoms with E-state index >= 15 is 0 Å². The van der Waals surface area contributed by atoms with Gasteiger partial charge in [-0.25, -0.2) is 0 Å². The number of rotatable bonds is 4. The van der Waals surface area contributed by atoms with E-state index in [9.17, 15) is 9.59 Å². The first-order valence-electron chi connectivity index (χ1n) is 8.29. The molecule has 2 atom stereocenters. The Balaban J connectivity index is 1.50. The molecular weight excluding hydrogens is 290 g/mol. The maximum atomic E-state index is 12.2. The third kappa shape index (κ3) is 3.89. The van der Waals surface area contributed by atoms with E-state index in [0.717, 1.165) is 12.8 Å². The minimum absolute atomic E-state index is 0.0165. The van der Waals surface area contributed by atoms with Gasteiger partial charge in [-0.05, 0) is 37.5 Å². The van der Waals surface area contributed by atoms with Crippen LogP contribution in [0.5, 0.6) is 0 Å². The number of carbonyl (C=O) groups excluding carboxylic acids is 2. The van der Waals surface area contributed by atoms with Crippen LogP contribution in [-0.4, -0.2) is 17.9 Å². The number of nitriles is 1. The molecule has 5 nitrogen and oxygen atoms in total. The summed E-state index contributed by atoms with van der Waals surface area (Å²) < 4.78 is 0. The molecule has 1 aromatic carbocycles. The predicted molar refractivity (Wildman–Crippen MR) is 86.4 cm³/mol. The fourth-order valence-corrected chi connectivity index (χ4v) is 3.23. The van der Waals surface area contributed by atoms with Crippen LogP contribution in [0.25, 0.3) is 0 Å². The van der Waals surface area contributed by atoms with Crippen LogP contribution < -0.4 is 10.6 Å². The van der Waals surface area contributed by atoms with Crippen LogP contribution in [0.3, 0.4) is 0 Å². The fourth-order valence-electron chi connectivity index (χ4n) is 3.23. The molecule has 0 radical (unpaired) electrons. The van der Waals surface area contributed by atoms with Crippen LogP contribution in [0.4, 0.5) is 5.69 Å². The summed E-state index contributed by atoms with van der Waals surface area (Å²) in [5, 5.41) is 14.8. The van der Waals surface area contributed by atoms with Crippen LogP contribution in [0.2, 0.25) is 0 Å². The van der Waals surface area contributed by atoms with Gasteiger partial charge in [-0.1, -0.05) is 25.3 Å². The van der Waals surface area contributed by atoms with E-state index in [2.05, 4.69) is 10.6 Å². The summed E-state index contributed by atoms with van der Waals surface area (Å²) in [4.78, 5) is 24.4. The van der Waals surface area contributed by atoms with Crippen LogP contribution >= 0.6 is 0 Å². The Labute approximate surface area is 136 Å². The maximum absolute atomic E-state index is 12.2. The second kappa shape index (κ2) is 6.82. The molecule has 2 saturated carbocycles. The second-order valence-electron chi connectivity index (χ2n) is 6.47. The van der Waals surface area contributed by atoms with Gasteiger partial charge in [0.1, 0.15) is 0 Å². The normalized spacial score (nSPS) is 23.6. The van der Waals surface area contributed by atoms with Crippen molar-refractivity contribution < 1.29 is 9.59 Å². The van der Waals surface area contributed by atoms with Crippen molar-refractivity contribution >= 4 is 17.5 Å². The SMILES string of the molecule is N#Cc1cccc(NC(=O)C2CC2C(=O)NC2CCCCC2)c1. The maximum Gasteiger partial charge on any atom is 0.228 e. The lowest BCUT2D eigenvalue weighted by atomic mass is 9.95. The second-order valence-corrected chi connectivity index (χ2v) is 6.47. The van der Waals surface area contributed by atoms with E-state index < -0.39 is 0 Å². The number of amides is 2. The molecule has 0 heterocycles. The van der Waals surface area contributed by atoms with Gasteiger partial charge in [0, 0.05) is 11.7 Å². The minimum Gasteiger partial charge on any atom is -0.353 e. The quantitative estimate of drug-likeness (QED) is 0.896. The van der Waals surface area contributed by atoms with Crippen molar-refractivity contribution in [2.24, 2.45) is 11.8 Å². The zero-order chi connectivity index (χ0) is 16.2. The highest BCUT2D eigenvalue weighted by Gasteiger charge is 2.48. The van der Waals surface area contributed by atoms with Gasteiger partial charge in [-0.2, -0.15) is 5.26 Å². The predicted octanol–water partition coefficient (Wildman–Crippen LogP) is 2.58. The highest BCUT2D eigenvalue weighted by molar-refractivity contribution is 5.99. The summed E-state index contributed by atoms with van der Waals surface area (Å²) in [7, 11) is 0. The van der Waals surface area contributed by atoms with Crippen LogP contribution in [0.15, 0.2) is 24.3 Å². The molecule has 0 saturated heterocycles. The number of nitrogens with zero attached hydrogens (tertiary/aromatic N) is 1. The number of hydrogen-bond acceptors (Lipinski definition) is 3. The number of benzene rings is 1. The van der Waals surface area contributed by atoms with Crippen LogP contribution in [0.1, 0.15) is 44.1 Å². The van der Waals surface area contributed by atoms with E-state index in [0.29, 0.717) is 17.7 Å². The van der Waals surface area contributed by atoms with Crippen LogP contribution in [-0.2, 0) is 9.59 Å². The number of carbonyl (C=O) groups is 2. The van der Waals surface area contributed by atoms with Gasteiger partial charge in [0.25, 0.3) is 0 Å². The summed E-state index contributed by atoms with van der Waals surface area (Å²) in [5.74, 6) is -0.563. The molecule has 120 valence electrons. The average Bonchev–Trinajstić information content (AvgIpc) is 3.37. The van der Waals surface area contributed by atoms with E-state index in [1.165, 1.54) is 19.3 Å². The van der Waals surface area contributed by atoms with E-state index in [-0.39, 0.29) is 29.7 Å². The third-order valence-electron chi connectivity index (χ3n) is 4.67. The van der Waals surface area contributed by atoms with Gasteiger partial charge in [0.05, 0.1) is 23.5 Å². The molecule has 23 heavy (non-hydrogen) atoms. The van der Waals surface area contributed by atoms with Gasteiger partial charge < -0.3 is 10.6 Å². The number of anilines is 1. The first-order valence-corrected chi connectivity index (χ1v) is 8.29. The Hall–Kier alpha value is -2.35. The summed E-state index contributed by atoms with van der Waals surface area (Å²) in [6.07, 6.45) is 6.32. The molecular formula is C18H21N3O2. The third-order valence-corrected chi connectivity index (χ3v) is 4.67. The van der Waals surface area contributed by atoms with Gasteiger partial charge in [0.2, 0.25) is 11.8 Å². The Bertz CT molecular complexity index is 644. The van der Waals surface area contributed by atoms with Gasteiger partial charge in [0.15, 0.2) is 0 Å². The molecule has 5 heteroatoms. The smallest absolute Gasteiger partial charge is 0.228 e. The summed E-state index contributed by atoms with van der Waals surface area (Å²) in [5.41, 5.74) is 1.11. The monoisotopic (exact) mass is 311 g/mol.